The molecule has 2 rings (SSSR count). The minimum atomic E-state index is -0.600. The van der Waals surface area contributed by atoms with Crippen LogP contribution in [0.25, 0.3) is 0 Å². The van der Waals surface area contributed by atoms with E-state index in [0.29, 0.717) is 6.04 Å². The van der Waals surface area contributed by atoms with E-state index in [2.05, 4.69) is 11.8 Å². The van der Waals surface area contributed by atoms with Crippen LogP contribution in [0.1, 0.15) is 58.3 Å². The van der Waals surface area contributed by atoms with E-state index in [1.807, 2.05) is 0 Å². The molecule has 2 unspecified atom stereocenters. The highest BCUT2D eigenvalue weighted by molar-refractivity contribution is 5.70. The maximum atomic E-state index is 11.0. The molecule has 1 heterocycles. The third-order valence-electron chi connectivity index (χ3n) is 4.57. The lowest BCUT2D eigenvalue weighted by molar-refractivity contribution is -0.144. The van der Waals surface area contributed by atoms with Crippen molar-refractivity contribution in [2.45, 2.75) is 70.4 Å². The van der Waals surface area contributed by atoms with Gasteiger partial charge in [0.15, 0.2) is 0 Å². The molecule has 0 aromatic carbocycles. The molecule has 1 N–H and O–H groups in total. The van der Waals surface area contributed by atoms with Gasteiger partial charge in [0.1, 0.15) is 0 Å². The molecule has 17 heavy (non-hydrogen) atoms. The quantitative estimate of drug-likeness (QED) is 0.753. The predicted molar refractivity (Wildman–Crippen MR) is 68.0 cm³/mol. The van der Waals surface area contributed by atoms with Crippen LogP contribution in [0.5, 0.6) is 0 Å². The Labute approximate surface area is 104 Å². The van der Waals surface area contributed by atoms with Gasteiger partial charge >= 0.3 is 5.97 Å². The summed E-state index contributed by atoms with van der Waals surface area (Å²) in [6, 6.07) is 1.18. The molecule has 2 atom stereocenters. The molecular formula is C14H25NO2. The second-order valence-corrected chi connectivity index (χ2v) is 5.79. The Hall–Kier alpha value is -0.570. The maximum Gasteiger partial charge on any atom is 0.306 e. The Kier molecular flexibility index (Phi) is 4.43. The van der Waals surface area contributed by atoms with Crippen LogP contribution in [-0.2, 0) is 4.79 Å². The highest BCUT2D eigenvalue weighted by atomic mass is 16.4. The molecule has 0 bridgehead atoms. The Morgan fingerprint density at radius 1 is 1.12 bits per heavy atom. The third kappa shape index (κ3) is 3.21. The first-order chi connectivity index (χ1) is 8.18. The van der Waals surface area contributed by atoms with E-state index in [1.54, 1.807) is 0 Å². The Morgan fingerprint density at radius 2 is 1.76 bits per heavy atom. The van der Waals surface area contributed by atoms with Crippen LogP contribution in [0.15, 0.2) is 0 Å². The summed E-state index contributed by atoms with van der Waals surface area (Å²) in [4.78, 5) is 13.6. The second-order valence-electron chi connectivity index (χ2n) is 5.79. The van der Waals surface area contributed by atoms with E-state index in [4.69, 9.17) is 5.11 Å². The van der Waals surface area contributed by atoms with Gasteiger partial charge in [0, 0.05) is 12.1 Å². The molecule has 0 aromatic rings. The van der Waals surface area contributed by atoms with Crippen LogP contribution in [0.4, 0.5) is 0 Å². The van der Waals surface area contributed by atoms with Crippen molar-refractivity contribution >= 4 is 5.97 Å². The number of carboxylic acids is 1. The number of hydrogen-bond acceptors (Lipinski definition) is 2. The zero-order valence-electron chi connectivity index (χ0n) is 10.9. The summed E-state index contributed by atoms with van der Waals surface area (Å²) in [7, 11) is 0. The Bertz CT molecular complexity index is 259. The summed E-state index contributed by atoms with van der Waals surface area (Å²) < 4.78 is 0. The molecule has 1 saturated heterocycles. The molecule has 0 radical (unpaired) electrons. The highest BCUT2D eigenvalue weighted by Crippen LogP contribution is 2.30. The van der Waals surface area contributed by atoms with E-state index >= 15 is 0 Å². The van der Waals surface area contributed by atoms with Crippen LogP contribution < -0.4 is 0 Å². The first-order valence-corrected chi connectivity index (χ1v) is 7.17. The van der Waals surface area contributed by atoms with Gasteiger partial charge in [-0.2, -0.15) is 0 Å². The minimum absolute atomic E-state index is 0.105. The zero-order valence-corrected chi connectivity index (χ0v) is 10.9. The average Bonchev–Trinajstić information content (AvgIpc) is 2.57. The number of nitrogens with zero attached hydrogens (tertiary/aromatic N) is 1. The molecule has 0 amide bonds. The molecule has 3 heteroatoms. The van der Waals surface area contributed by atoms with Gasteiger partial charge in [0.05, 0.1) is 5.92 Å². The first kappa shape index (κ1) is 12.9. The van der Waals surface area contributed by atoms with Gasteiger partial charge in [-0.15, -0.1) is 0 Å². The minimum Gasteiger partial charge on any atom is -0.481 e. The van der Waals surface area contributed by atoms with Crippen LogP contribution >= 0.6 is 0 Å². The summed E-state index contributed by atoms with van der Waals surface area (Å²) in [6.45, 7) is 3.20. The summed E-state index contributed by atoms with van der Waals surface area (Å²) in [5.74, 6) is -0.704. The Morgan fingerprint density at radius 3 is 2.29 bits per heavy atom. The molecule has 1 aliphatic heterocycles. The largest absolute Gasteiger partial charge is 0.481 e. The van der Waals surface area contributed by atoms with Crippen molar-refractivity contribution in [1.82, 2.24) is 4.90 Å². The molecule has 2 fully saturated rings. The van der Waals surface area contributed by atoms with Crippen molar-refractivity contribution in [3.63, 3.8) is 0 Å². The second kappa shape index (κ2) is 5.85. The number of hydrogen-bond donors (Lipinski definition) is 1. The van der Waals surface area contributed by atoms with Crippen LogP contribution in [0.3, 0.4) is 0 Å². The van der Waals surface area contributed by atoms with Crippen LogP contribution in [-0.4, -0.2) is 34.6 Å². The Balaban J connectivity index is 1.91. The van der Waals surface area contributed by atoms with Gasteiger partial charge < -0.3 is 5.11 Å². The maximum absolute atomic E-state index is 11.0. The van der Waals surface area contributed by atoms with E-state index < -0.39 is 5.97 Å². The molecule has 1 saturated carbocycles. The molecule has 0 aromatic heterocycles. The third-order valence-corrected chi connectivity index (χ3v) is 4.57. The van der Waals surface area contributed by atoms with Crippen molar-refractivity contribution < 1.29 is 9.90 Å². The fourth-order valence-corrected chi connectivity index (χ4v) is 3.55. The fourth-order valence-electron chi connectivity index (χ4n) is 3.55. The lowest BCUT2D eigenvalue weighted by atomic mass is 9.89. The number of carbonyl (C=O) groups is 1. The number of rotatable bonds is 2. The first-order valence-electron chi connectivity index (χ1n) is 7.17. The van der Waals surface area contributed by atoms with Gasteiger partial charge in [0.25, 0.3) is 0 Å². The number of aliphatic carboxylic acids is 1. The summed E-state index contributed by atoms with van der Waals surface area (Å²) >= 11 is 0. The molecule has 1 aliphatic carbocycles. The van der Waals surface area contributed by atoms with Gasteiger partial charge in [0.2, 0.25) is 0 Å². The molecule has 98 valence electrons. The van der Waals surface area contributed by atoms with Crippen molar-refractivity contribution in [2.24, 2.45) is 5.92 Å². The topological polar surface area (TPSA) is 40.5 Å². The summed E-state index contributed by atoms with van der Waals surface area (Å²) in [6.07, 6.45) is 9.81. The fraction of sp³-hybridized carbons (Fsp3) is 0.929. The molecule has 2 aliphatic rings. The lowest BCUT2D eigenvalue weighted by Gasteiger charge is -2.41. The lowest BCUT2D eigenvalue weighted by Crippen LogP contribution is -2.48. The predicted octanol–water partition coefficient (Wildman–Crippen LogP) is 2.89. The van der Waals surface area contributed by atoms with Gasteiger partial charge in [-0.3, -0.25) is 9.69 Å². The van der Waals surface area contributed by atoms with Crippen LogP contribution in [0, 0.1) is 5.92 Å². The summed E-state index contributed by atoms with van der Waals surface area (Å²) in [5, 5.41) is 9.08. The normalized spacial score (nSPS) is 33.2. The SMILES string of the molecule is CC1CC(C(=O)O)CCN1C1CCCCCC1. The number of likely N-dealkylation sites (tertiary alicyclic amines) is 1. The average molecular weight is 239 g/mol. The van der Waals surface area contributed by atoms with E-state index in [1.165, 1.54) is 38.5 Å². The zero-order chi connectivity index (χ0) is 12.3. The van der Waals surface area contributed by atoms with E-state index in [-0.39, 0.29) is 5.92 Å². The van der Waals surface area contributed by atoms with Crippen molar-refractivity contribution in [2.75, 3.05) is 6.54 Å². The molecule has 3 nitrogen and oxygen atoms in total. The van der Waals surface area contributed by atoms with Crippen molar-refractivity contribution in [3.8, 4) is 0 Å². The van der Waals surface area contributed by atoms with Gasteiger partial charge in [-0.1, -0.05) is 25.7 Å². The van der Waals surface area contributed by atoms with Crippen molar-refractivity contribution in [3.05, 3.63) is 0 Å². The monoisotopic (exact) mass is 239 g/mol. The van der Waals surface area contributed by atoms with Crippen molar-refractivity contribution in [1.29, 1.82) is 0 Å². The number of carboxylic acid groups (broad SMARTS) is 1. The van der Waals surface area contributed by atoms with Gasteiger partial charge in [-0.05, 0) is 39.2 Å². The highest BCUT2D eigenvalue weighted by Gasteiger charge is 2.33. The van der Waals surface area contributed by atoms with Crippen LogP contribution in [0.2, 0.25) is 0 Å². The summed E-state index contributed by atoms with van der Waals surface area (Å²) in [5.41, 5.74) is 0. The number of piperidine rings is 1. The molecule has 0 spiro atoms. The molecular weight excluding hydrogens is 214 g/mol. The van der Waals surface area contributed by atoms with E-state index in [9.17, 15) is 4.79 Å². The smallest absolute Gasteiger partial charge is 0.306 e. The standard InChI is InChI=1S/C14H25NO2/c1-11-10-12(14(16)17)8-9-15(11)13-6-4-2-3-5-7-13/h11-13H,2-10H2,1H3,(H,16,17). The van der Waals surface area contributed by atoms with Gasteiger partial charge in [-0.25, -0.2) is 0 Å². The van der Waals surface area contributed by atoms with E-state index in [0.717, 1.165) is 25.4 Å².